The molecule has 0 aliphatic rings. The summed E-state index contributed by atoms with van der Waals surface area (Å²) >= 11 is 0. The Morgan fingerprint density at radius 3 is 2.12 bits per heavy atom. The average Bonchev–Trinajstić information content (AvgIpc) is 3.22. The molecule has 1 aromatic heterocycles. The number of rotatable bonds is 13. The Bertz CT molecular complexity index is 767. The first kappa shape index (κ1) is 27.0. The number of carboxylic acid groups (broad SMARTS) is 1. The number of hydrogen-bond acceptors (Lipinski definition) is 7. The van der Waals surface area contributed by atoms with Crippen LogP contribution in [-0.4, -0.2) is 74.6 Å². The lowest BCUT2D eigenvalue weighted by Gasteiger charge is -2.27. The highest BCUT2D eigenvalue weighted by Gasteiger charge is 2.32. The van der Waals surface area contributed by atoms with Gasteiger partial charge >= 0.3 is 5.97 Å². The van der Waals surface area contributed by atoms with Gasteiger partial charge in [0, 0.05) is 18.3 Å². The lowest BCUT2D eigenvalue weighted by atomic mass is 9.99. The number of carbonyl (C=O) groups excluding carboxylic acids is 3. The van der Waals surface area contributed by atoms with Crippen LogP contribution in [0, 0.1) is 11.8 Å². The number of nitrogens with one attached hydrogen (secondary N) is 4. The number of amides is 3. The van der Waals surface area contributed by atoms with Crippen LogP contribution in [-0.2, 0) is 25.6 Å². The highest BCUT2D eigenvalue weighted by molar-refractivity contribution is 5.94. The Balaban J connectivity index is 2.99. The summed E-state index contributed by atoms with van der Waals surface area (Å²) in [4.78, 5) is 56.1. The van der Waals surface area contributed by atoms with Crippen molar-refractivity contribution in [3.8, 4) is 0 Å². The fourth-order valence-corrected chi connectivity index (χ4v) is 2.93. The van der Waals surface area contributed by atoms with E-state index < -0.39 is 54.5 Å². The summed E-state index contributed by atoms with van der Waals surface area (Å²) in [7, 11) is 0. The number of nitrogens with zero attached hydrogens (tertiary/aromatic N) is 1. The van der Waals surface area contributed by atoms with Gasteiger partial charge in [0.2, 0.25) is 17.7 Å². The number of aliphatic hydroxyl groups is 1. The van der Waals surface area contributed by atoms with Gasteiger partial charge in [-0.3, -0.25) is 14.4 Å². The van der Waals surface area contributed by atoms with Crippen molar-refractivity contribution >= 4 is 23.7 Å². The van der Waals surface area contributed by atoms with Crippen LogP contribution in [0.5, 0.6) is 0 Å². The quantitative estimate of drug-likeness (QED) is 0.187. The first-order chi connectivity index (χ1) is 15.0. The van der Waals surface area contributed by atoms with Crippen LogP contribution in [0.3, 0.4) is 0 Å². The molecule has 0 fully saturated rings. The van der Waals surface area contributed by atoms with Crippen LogP contribution in [0.15, 0.2) is 12.5 Å². The monoisotopic (exact) mass is 454 g/mol. The topological polar surface area (TPSA) is 200 Å². The number of aromatic amines is 1. The molecule has 0 bridgehead atoms. The first-order valence-corrected chi connectivity index (χ1v) is 10.4. The molecule has 0 aliphatic carbocycles. The summed E-state index contributed by atoms with van der Waals surface area (Å²) < 4.78 is 0. The molecule has 1 rings (SSSR count). The number of carboxylic acids is 1. The molecule has 4 atom stereocenters. The number of hydrogen-bond donors (Lipinski definition) is 7. The van der Waals surface area contributed by atoms with Gasteiger partial charge in [0.15, 0.2) is 0 Å². The smallest absolute Gasteiger partial charge is 0.326 e. The second-order valence-corrected chi connectivity index (χ2v) is 8.39. The van der Waals surface area contributed by atoms with Crippen molar-refractivity contribution in [2.75, 3.05) is 6.61 Å². The van der Waals surface area contributed by atoms with E-state index in [1.807, 2.05) is 13.8 Å². The molecule has 3 amide bonds. The van der Waals surface area contributed by atoms with E-state index in [0.717, 1.165) is 0 Å². The molecule has 8 N–H and O–H groups in total. The van der Waals surface area contributed by atoms with Gasteiger partial charge in [-0.1, -0.05) is 27.7 Å². The van der Waals surface area contributed by atoms with E-state index in [1.165, 1.54) is 12.5 Å². The van der Waals surface area contributed by atoms with E-state index in [9.17, 15) is 24.3 Å². The lowest BCUT2D eigenvalue weighted by molar-refractivity contribution is -0.143. The maximum atomic E-state index is 13.0. The number of carbonyl (C=O) groups is 4. The largest absolute Gasteiger partial charge is 0.480 e. The highest BCUT2D eigenvalue weighted by Crippen LogP contribution is 2.09. The Hall–Kier alpha value is -2.99. The second-order valence-electron chi connectivity index (χ2n) is 8.39. The van der Waals surface area contributed by atoms with Gasteiger partial charge in [0.1, 0.15) is 24.2 Å². The van der Waals surface area contributed by atoms with Crippen molar-refractivity contribution in [1.82, 2.24) is 25.9 Å². The van der Waals surface area contributed by atoms with E-state index in [-0.39, 0.29) is 24.7 Å². The molecule has 0 spiro atoms. The minimum absolute atomic E-state index is 0.0350. The van der Waals surface area contributed by atoms with Gasteiger partial charge in [0.25, 0.3) is 0 Å². The Kier molecular flexibility index (Phi) is 10.8. The molecule has 0 aromatic carbocycles. The Morgan fingerprint density at radius 2 is 1.66 bits per heavy atom. The molecule has 0 saturated carbocycles. The number of imidazole rings is 1. The summed E-state index contributed by atoms with van der Waals surface area (Å²) in [6, 6.07) is -4.46. The number of nitrogens with two attached hydrogens (primary N) is 1. The zero-order valence-electron chi connectivity index (χ0n) is 18.8. The third-order valence-electron chi connectivity index (χ3n) is 4.71. The number of aliphatic hydroxyl groups excluding tert-OH is 1. The first-order valence-electron chi connectivity index (χ1n) is 10.4. The van der Waals surface area contributed by atoms with Crippen LogP contribution in [0.1, 0.15) is 39.8 Å². The Morgan fingerprint density at radius 1 is 1.03 bits per heavy atom. The summed E-state index contributed by atoms with van der Waals surface area (Å²) in [6.45, 7) is 6.47. The maximum absolute atomic E-state index is 13.0. The van der Waals surface area contributed by atoms with Crippen molar-refractivity contribution in [3.63, 3.8) is 0 Å². The molecule has 1 aromatic rings. The van der Waals surface area contributed by atoms with Crippen molar-refractivity contribution < 1.29 is 29.4 Å². The van der Waals surface area contributed by atoms with E-state index in [1.54, 1.807) is 13.8 Å². The van der Waals surface area contributed by atoms with E-state index in [2.05, 4.69) is 25.9 Å². The fraction of sp³-hybridized carbons (Fsp3) is 0.650. The fourth-order valence-electron chi connectivity index (χ4n) is 2.93. The number of aromatic nitrogens is 2. The van der Waals surface area contributed by atoms with Gasteiger partial charge in [0.05, 0.1) is 12.9 Å². The van der Waals surface area contributed by atoms with Gasteiger partial charge in [-0.05, 0) is 18.3 Å². The molecule has 180 valence electrons. The normalized spacial score (nSPS) is 15.0. The van der Waals surface area contributed by atoms with Crippen molar-refractivity contribution in [3.05, 3.63) is 18.2 Å². The molecule has 0 saturated heterocycles. The van der Waals surface area contributed by atoms with E-state index in [4.69, 9.17) is 10.8 Å². The van der Waals surface area contributed by atoms with Crippen LogP contribution in [0.4, 0.5) is 0 Å². The minimum Gasteiger partial charge on any atom is -0.480 e. The summed E-state index contributed by atoms with van der Waals surface area (Å²) in [5.74, 6) is -3.53. The van der Waals surface area contributed by atoms with Gasteiger partial charge < -0.3 is 36.9 Å². The predicted octanol–water partition coefficient (Wildman–Crippen LogP) is -1.49. The third-order valence-corrected chi connectivity index (χ3v) is 4.71. The minimum atomic E-state index is -1.22. The lowest BCUT2D eigenvalue weighted by Crippen LogP contribution is -2.59. The molecule has 1 heterocycles. The van der Waals surface area contributed by atoms with Gasteiger partial charge in [-0.15, -0.1) is 0 Å². The van der Waals surface area contributed by atoms with Gasteiger partial charge in [-0.2, -0.15) is 0 Å². The van der Waals surface area contributed by atoms with Crippen LogP contribution in [0.2, 0.25) is 0 Å². The standard InChI is InChI=1S/C20H34N6O6/c1-10(2)5-15(20(31)32)25-19(30)16(11(3)4)26-18(29)14(6-12-7-22-9-23-12)24-17(28)13(21)8-27/h7,9-11,13-16,27H,5-6,8,21H2,1-4H3,(H,22,23)(H,24,28)(H,25,30)(H,26,29)(H,31,32). The second kappa shape index (κ2) is 12.8. The number of H-pyrrole nitrogens is 1. The highest BCUT2D eigenvalue weighted by atomic mass is 16.4. The molecular formula is C20H34N6O6. The average molecular weight is 455 g/mol. The SMILES string of the molecule is CC(C)CC(NC(=O)C(NC(=O)C(Cc1cnc[nH]1)NC(=O)C(N)CO)C(C)C)C(=O)O. The van der Waals surface area contributed by atoms with Crippen molar-refractivity contribution in [1.29, 1.82) is 0 Å². The zero-order chi connectivity index (χ0) is 24.4. The van der Waals surface area contributed by atoms with Crippen molar-refractivity contribution in [2.45, 2.75) is 64.7 Å². The van der Waals surface area contributed by atoms with Crippen molar-refractivity contribution in [2.24, 2.45) is 17.6 Å². The van der Waals surface area contributed by atoms with Crippen LogP contribution >= 0.6 is 0 Å². The predicted molar refractivity (Wildman–Crippen MR) is 115 cm³/mol. The molecule has 32 heavy (non-hydrogen) atoms. The molecule has 12 heteroatoms. The molecule has 0 radical (unpaired) electrons. The molecule has 4 unspecified atom stereocenters. The summed E-state index contributed by atoms with van der Waals surface area (Å²) in [5, 5.41) is 26.0. The van der Waals surface area contributed by atoms with Gasteiger partial charge in [-0.25, -0.2) is 9.78 Å². The Labute approximate surface area is 186 Å². The number of aliphatic carboxylic acids is 1. The van der Waals surface area contributed by atoms with E-state index in [0.29, 0.717) is 5.69 Å². The third kappa shape index (κ3) is 8.63. The van der Waals surface area contributed by atoms with E-state index >= 15 is 0 Å². The summed E-state index contributed by atoms with van der Waals surface area (Å²) in [5.41, 5.74) is 6.08. The van der Waals surface area contributed by atoms with Crippen LogP contribution in [0.25, 0.3) is 0 Å². The molecular weight excluding hydrogens is 420 g/mol. The molecule has 12 nitrogen and oxygen atoms in total. The molecule has 0 aliphatic heterocycles. The summed E-state index contributed by atoms with van der Waals surface area (Å²) in [6.07, 6.45) is 3.16. The maximum Gasteiger partial charge on any atom is 0.326 e. The van der Waals surface area contributed by atoms with Crippen LogP contribution < -0.4 is 21.7 Å². The zero-order valence-corrected chi connectivity index (χ0v) is 18.8.